The Morgan fingerprint density at radius 2 is 2.37 bits per heavy atom. The van der Waals surface area contributed by atoms with Gasteiger partial charge in [0.05, 0.1) is 17.5 Å². The predicted octanol–water partition coefficient (Wildman–Crippen LogP) is 1.54. The van der Waals surface area contributed by atoms with Crippen LogP contribution >= 0.6 is 35.1 Å². The molecule has 9 heteroatoms. The molecule has 1 N–H and O–H groups in total. The lowest BCUT2D eigenvalue weighted by atomic mass is 10.1. The predicted molar refractivity (Wildman–Crippen MR) is 72.9 cm³/mol. The van der Waals surface area contributed by atoms with Gasteiger partial charge in [-0.15, -0.1) is 16.9 Å². The number of β-lactam (4-membered cyclic amide) rings is 1. The Hall–Kier alpha value is -1.06. The quantitative estimate of drug-likeness (QED) is 0.847. The van der Waals surface area contributed by atoms with Crippen LogP contribution in [0.3, 0.4) is 0 Å². The minimum Gasteiger partial charge on any atom is -0.477 e. The molecule has 1 atom stereocenters. The van der Waals surface area contributed by atoms with Gasteiger partial charge in [-0.2, -0.15) is 0 Å². The van der Waals surface area contributed by atoms with Gasteiger partial charge >= 0.3 is 5.97 Å². The first-order valence-electron chi connectivity index (χ1n) is 5.45. The van der Waals surface area contributed by atoms with Gasteiger partial charge in [0.2, 0.25) is 5.91 Å². The zero-order valence-electron chi connectivity index (χ0n) is 9.82. The van der Waals surface area contributed by atoms with Crippen LogP contribution in [0.4, 0.5) is 0 Å². The number of thioether (sulfide) groups is 2. The Balaban J connectivity index is 1.96. The van der Waals surface area contributed by atoms with Crippen LogP contribution in [0.2, 0.25) is 0 Å². The Bertz CT molecular complexity index is 598. The molecular weight excluding hydrogens is 306 g/mol. The number of amides is 1. The summed E-state index contributed by atoms with van der Waals surface area (Å²) in [6, 6.07) is 0. The van der Waals surface area contributed by atoms with Crippen LogP contribution in [0.1, 0.15) is 12.1 Å². The van der Waals surface area contributed by atoms with E-state index in [4.69, 9.17) is 0 Å². The average Bonchev–Trinajstić information content (AvgIpc) is 2.75. The molecule has 19 heavy (non-hydrogen) atoms. The van der Waals surface area contributed by atoms with Crippen molar-refractivity contribution in [3.63, 3.8) is 0 Å². The Morgan fingerprint density at radius 1 is 1.58 bits per heavy atom. The van der Waals surface area contributed by atoms with Gasteiger partial charge in [0.15, 0.2) is 0 Å². The Kier molecular flexibility index (Phi) is 3.27. The monoisotopic (exact) mass is 315 g/mol. The van der Waals surface area contributed by atoms with Gasteiger partial charge < -0.3 is 5.11 Å². The number of hydrogen-bond acceptors (Lipinski definition) is 7. The highest BCUT2D eigenvalue weighted by molar-refractivity contribution is 8.07. The standard InChI is InChI=1S/C10H9N3O3S3/c1-4-10(19-12-11-4)18-5-3-17-7-2-6(14)13(7)8(5)9(15)16/h7H,2-3H2,1H3,(H,15,16). The molecule has 2 aliphatic heterocycles. The second-order valence-electron chi connectivity index (χ2n) is 4.06. The Morgan fingerprint density at radius 3 is 2.95 bits per heavy atom. The van der Waals surface area contributed by atoms with E-state index in [1.807, 2.05) is 6.92 Å². The first-order valence-corrected chi connectivity index (χ1v) is 8.08. The first kappa shape index (κ1) is 12.9. The average molecular weight is 315 g/mol. The van der Waals surface area contributed by atoms with Crippen molar-refractivity contribution >= 4 is 46.9 Å². The topological polar surface area (TPSA) is 83.4 Å². The molecule has 6 nitrogen and oxygen atoms in total. The van der Waals surface area contributed by atoms with Gasteiger partial charge in [-0.3, -0.25) is 9.69 Å². The second-order valence-corrected chi connectivity index (χ2v) is 7.34. The van der Waals surface area contributed by atoms with E-state index < -0.39 is 5.97 Å². The normalized spacial score (nSPS) is 22.3. The summed E-state index contributed by atoms with van der Waals surface area (Å²) in [5.41, 5.74) is 0.909. The number of fused-ring (bicyclic) bond motifs is 1. The van der Waals surface area contributed by atoms with Crippen LogP contribution in [-0.4, -0.2) is 42.6 Å². The van der Waals surface area contributed by atoms with Crippen molar-refractivity contribution in [3.05, 3.63) is 16.3 Å². The zero-order chi connectivity index (χ0) is 13.6. The van der Waals surface area contributed by atoms with E-state index in [0.29, 0.717) is 17.1 Å². The molecule has 2 aliphatic rings. The number of carboxylic acid groups (broad SMARTS) is 1. The smallest absolute Gasteiger partial charge is 0.353 e. The minimum absolute atomic E-state index is 0.0105. The maximum atomic E-state index is 11.6. The minimum atomic E-state index is -1.05. The molecule has 0 bridgehead atoms. The highest BCUT2D eigenvalue weighted by Crippen LogP contribution is 2.45. The fraction of sp³-hybridized carbons (Fsp3) is 0.400. The van der Waals surface area contributed by atoms with E-state index in [1.165, 1.54) is 28.2 Å². The van der Waals surface area contributed by atoms with Crippen LogP contribution < -0.4 is 0 Å². The largest absolute Gasteiger partial charge is 0.477 e. The summed E-state index contributed by atoms with van der Waals surface area (Å²) >= 11 is 4.19. The molecule has 3 heterocycles. The molecule has 1 unspecified atom stereocenters. The molecule has 1 saturated heterocycles. The Labute approximate surface area is 121 Å². The van der Waals surface area contributed by atoms with Gasteiger partial charge in [-0.1, -0.05) is 16.3 Å². The molecule has 3 rings (SSSR count). The van der Waals surface area contributed by atoms with Crippen molar-refractivity contribution < 1.29 is 14.7 Å². The number of carbonyl (C=O) groups excluding carboxylic acids is 1. The number of hydrogen-bond donors (Lipinski definition) is 1. The third-order valence-corrected chi connectivity index (χ3v) is 6.41. The van der Waals surface area contributed by atoms with Crippen molar-refractivity contribution in [1.82, 2.24) is 14.5 Å². The molecule has 0 spiro atoms. The SMILES string of the molecule is Cc1nnsc1SC1=C(C(=O)O)N2C(=O)CC2SC1. The van der Waals surface area contributed by atoms with E-state index in [-0.39, 0.29) is 17.0 Å². The third kappa shape index (κ3) is 2.15. The van der Waals surface area contributed by atoms with Crippen molar-refractivity contribution in [2.45, 2.75) is 22.9 Å². The molecule has 1 fully saturated rings. The number of aliphatic carboxylic acids is 1. The van der Waals surface area contributed by atoms with Crippen LogP contribution in [0.15, 0.2) is 14.8 Å². The van der Waals surface area contributed by atoms with Crippen molar-refractivity contribution in [1.29, 1.82) is 0 Å². The van der Waals surface area contributed by atoms with E-state index in [2.05, 4.69) is 9.59 Å². The van der Waals surface area contributed by atoms with Crippen LogP contribution in [0.5, 0.6) is 0 Å². The lowest BCUT2D eigenvalue weighted by Crippen LogP contribution is -2.53. The molecule has 1 aromatic heterocycles. The van der Waals surface area contributed by atoms with Crippen molar-refractivity contribution in [2.24, 2.45) is 0 Å². The first-order chi connectivity index (χ1) is 9.08. The number of carboxylic acids is 1. The van der Waals surface area contributed by atoms with Crippen molar-refractivity contribution in [2.75, 3.05) is 5.75 Å². The molecule has 1 amide bonds. The zero-order valence-corrected chi connectivity index (χ0v) is 12.3. The molecule has 0 aromatic carbocycles. The number of rotatable bonds is 3. The van der Waals surface area contributed by atoms with E-state index in [1.54, 1.807) is 11.8 Å². The molecule has 0 radical (unpaired) electrons. The number of aryl methyl sites for hydroxylation is 1. The second kappa shape index (κ2) is 4.80. The number of carbonyl (C=O) groups is 2. The maximum Gasteiger partial charge on any atom is 0.353 e. The third-order valence-electron chi connectivity index (χ3n) is 2.85. The number of aromatic nitrogens is 2. The summed E-state index contributed by atoms with van der Waals surface area (Å²) in [5, 5.41) is 13.2. The van der Waals surface area contributed by atoms with Gasteiger partial charge in [-0.05, 0) is 18.5 Å². The van der Waals surface area contributed by atoms with Crippen LogP contribution in [0.25, 0.3) is 0 Å². The van der Waals surface area contributed by atoms with Gasteiger partial charge in [0, 0.05) is 10.7 Å². The summed E-state index contributed by atoms with van der Waals surface area (Å²) in [5.74, 6) is -0.555. The van der Waals surface area contributed by atoms with Crippen LogP contribution in [-0.2, 0) is 9.59 Å². The fourth-order valence-electron chi connectivity index (χ4n) is 1.89. The van der Waals surface area contributed by atoms with E-state index in [0.717, 1.165) is 9.90 Å². The molecule has 100 valence electrons. The molecular formula is C10H9N3O3S3. The van der Waals surface area contributed by atoms with Gasteiger partial charge in [0.25, 0.3) is 0 Å². The number of nitrogens with zero attached hydrogens (tertiary/aromatic N) is 3. The van der Waals surface area contributed by atoms with Gasteiger partial charge in [-0.25, -0.2) is 4.79 Å². The van der Waals surface area contributed by atoms with E-state index >= 15 is 0 Å². The highest BCUT2D eigenvalue weighted by Gasteiger charge is 2.45. The fourth-order valence-corrected chi connectivity index (χ4v) is 5.10. The molecule has 0 aliphatic carbocycles. The maximum absolute atomic E-state index is 11.6. The van der Waals surface area contributed by atoms with Gasteiger partial charge in [0.1, 0.15) is 9.91 Å². The summed E-state index contributed by atoms with van der Waals surface area (Å²) in [7, 11) is 0. The molecule has 1 aromatic rings. The summed E-state index contributed by atoms with van der Waals surface area (Å²) in [4.78, 5) is 25.1. The summed E-state index contributed by atoms with van der Waals surface area (Å²) in [6.07, 6.45) is 0.431. The van der Waals surface area contributed by atoms with Crippen molar-refractivity contribution in [3.8, 4) is 0 Å². The highest BCUT2D eigenvalue weighted by atomic mass is 32.2. The lowest BCUT2D eigenvalue weighted by molar-refractivity contribution is -0.146. The summed E-state index contributed by atoms with van der Waals surface area (Å²) < 4.78 is 4.71. The summed E-state index contributed by atoms with van der Waals surface area (Å²) in [6.45, 7) is 1.83. The van der Waals surface area contributed by atoms with E-state index in [9.17, 15) is 14.7 Å². The lowest BCUT2D eigenvalue weighted by Gasteiger charge is -2.43. The van der Waals surface area contributed by atoms with Crippen LogP contribution in [0, 0.1) is 6.92 Å². The molecule has 0 saturated carbocycles.